The van der Waals surface area contributed by atoms with Gasteiger partial charge in [-0.05, 0) is 31.1 Å². The molecule has 1 aliphatic carbocycles. The normalized spacial score (nSPS) is 14.6. The van der Waals surface area contributed by atoms with Gasteiger partial charge in [0.1, 0.15) is 17.0 Å². The van der Waals surface area contributed by atoms with Crippen molar-refractivity contribution < 1.29 is 4.39 Å². The van der Waals surface area contributed by atoms with Gasteiger partial charge in [0.15, 0.2) is 0 Å². The third-order valence-electron chi connectivity index (χ3n) is 3.33. The summed E-state index contributed by atoms with van der Waals surface area (Å²) in [6, 6.07) is 4.42. The molecule has 0 bridgehead atoms. The first-order valence-corrected chi connectivity index (χ1v) is 6.49. The van der Waals surface area contributed by atoms with Crippen molar-refractivity contribution in [2.45, 2.75) is 19.4 Å². The Balaban J connectivity index is 2.38. The standard InChI is InChI=1S/C15H14FN3O/c16-11-7-4-8-12-14(11)15(20)19(13(9-17)18-12)10-5-2-1-3-6-10/h2,4-8H,1,3,9,17H2. The molecule has 0 radical (unpaired) electrons. The van der Waals surface area contributed by atoms with Gasteiger partial charge in [-0.1, -0.05) is 18.2 Å². The van der Waals surface area contributed by atoms with Crippen LogP contribution in [0, 0.1) is 5.82 Å². The van der Waals surface area contributed by atoms with E-state index < -0.39 is 11.4 Å². The first-order chi connectivity index (χ1) is 9.72. The summed E-state index contributed by atoms with van der Waals surface area (Å²) in [5.74, 6) is -0.122. The zero-order valence-corrected chi connectivity index (χ0v) is 10.8. The van der Waals surface area contributed by atoms with Gasteiger partial charge in [-0.3, -0.25) is 9.36 Å². The number of nitrogens with two attached hydrogens (primary N) is 1. The summed E-state index contributed by atoms with van der Waals surface area (Å²) in [6.07, 6.45) is 7.55. The predicted octanol–water partition coefficient (Wildman–Crippen LogP) is 2.19. The maximum atomic E-state index is 13.9. The third kappa shape index (κ3) is 1.96. The van der Waals surface area contributed by atoms with Gasteiger partial charge in [0.05, 0.1) is 12.1 Å². The van der Waals surface area contributed by atoms with Crippen molar-refractivity contribution in [1.29, 1.82) is 0 Å². The molecule has 0 spiro atoms. The van der Waals surface area contributed by atoms with Crippen LogP contribution < -0.4 is 11.3 Å². The Morgan fingerprint density at radius 1 is 1.35 bits per heavy atom. The average Bonchev–Trinajstić information content (AvgIpc) is 2.47. The van der Waals surface area contributed by atoms with E-state index in [0.717, 1.165) is 12.8 Å². The fraction of sp³-hybridized carbons (Fsp3) is 0.200. The number of benzene rings is 1. The van der Waals surface area contributed by atoms with Gasteiger partial charge < -0.3 is 5.73 Å². The van der Waals surface area contributed by atoms with E-state index in [-0.39, 0.29) is 11.9 Å². The van der Waals surface area contributed by atoms with Crippen LogP contribution in [0.1, 0.15) is 18.7 Å². The van der Waals surface area contributed by atoms with Crippen LogP contribution >= 0.6 is 0 Å². The van der Waals surface area contributed by atoms with E-state index in [1.54, 1.807) is 6.07 Å². The number of nitrogens with zero attached hydrogens (tertiary/aromatic N) is 2. The second-order valence-corrected chi connectivity index (χ2v) is 4.62. The fourth-order valence-corrected chi connectivity index (χ4v) is 2.40. The number of hydrogen-bond acceptors (Lipinski definition) is 3. The lowest BCUT2D eigenvalue weighted by Gasteiger charge is -2.15. The number of halogens is 1. The minimum atomic E-state index is -0.558. The lowest BCUT2D eigenvalue weighted by molar-refractivity contribution is 0.636. The van der Waals surface area contributed by atoms with Gasteiger partial charge >= 0.3 is 0 Å². The maximum Gasteiger partial charge on any atom is 0.268 e. The van der Waals surface area contributed by atoms with E-state index in [1.807, 2.05) is 18.2 Å². The van der Waals surface area contributed by atoms with Gasteiger partial charge in [-0.2, -0.15) is 0 Å². The summed E-state index contributed by atoms with van der Waals surface area (Å²) in [6.45, 7) is 0.118. The Morgan fingerprint density at radius 2 is 2.20 bits per heavy atom. The minimum Gasteiger partial charge on any atom is -0.324 e. The summed E-state index contributed by atoms with van der Waals surface area (Å²) in [5, 5.41) is 0.00423. The van der Waals surface area contributed by atoms with Crippen LogP contribution in [0.15, 0.2) is 41.2 Å². The molecule has 0 aliphatic heterocycles. The van der Waals surface area contributed by atoms with Crippen LogP contribution in [0.2, 0.25) is 0 Å². The molecule has 20 heavy (non-hydrogen) atoms. The smallest absolute Gasteiger partial charge is 0.268 e. The number of hydrogen-bond donors (Lipinski definition) is 1. The van der Waals surface area contributed by atoms with Gasteiger partial charge in [0, 0.05) is 5.70 Å². The van der Waals surface area contributed by atoms with Crippen LogP contribution in [0.25, 0.3) is 16.6 Å². The zero-order valence-electron chi connectivity index (χ0n) is 10.8. The number of aromatic nitrogens is 2. The highest BCUT2D eigenvalue weighted by Crippen LogP contribution is 2.18. The molecule has 3 rings (SSSR count). The van der Waals surface area contributed by atoms with Gasteiger partial charge in [0.2, 0.25) is 0 Å². The second-order valence-electron chi connectivity index (χ2n) is 4.62. The number of allylic oxidation sites excluding steroid dienone is 4. The SMILES string of the molecule is NCc1nc2cccc(F)c2c(=O)n1C1=CCCC=C1. The molecule has 0 unspecified atom stereocenters. The molecule has 4 nitrogen and oxygen atoms in total. The Morgan fingerprint density at radius 3 is 2.90 bits per heavy atom. The summed E-state index contributed by atoms with van der Waals surface area (Å²) in [4.78, 5) is 16.9. The van der Waals surface area contributed by atoms with Crippen molar-refractivity contribution in [3.63, 3.8) is 0 Å². The molecule has 102 valence electrons. The Bertz CT molecular complexity index is 790. The van der Waals surface area contributed by atoms with Crippen LogP contribution in [0.5, 0.6) is 0 Å². The third-order valence-corrected chi connectivity index (χ3v) is 3.33. The predicted molar refractivity (Wildman–Crippen MR) is 76.5 cm³/mol. The van der Waals surface area contributed by atoms with Crippen LogP contribution in [-0.4, -0.2) is 9.55 Å². The number of rotatable bonds is 2. The van der Waals surface area contributed by atoms with Crippen molar-refractivity contribution in [1.82, 2.24) is 9.55 Å². The molecular weight excluding hydrogens is 257 g/mol. The molecule has 2 N–H and O–H groups in total. The summed E-state index contributed by atoms with van der Waals surface area (Å²) in [7, 11) is 0. The van der Waals surface area contributed by atoms with Crippen molar-refractivity contribution in [3.8, 4) is 0 Å². The molecule has 1 heterocycles. The topological polar surface area (TPSA) is 60.9 Å². The summed E-state index contributed by atoms with van der Waals surface area (Å²) >= 11 is 0. The molecule has 1 aromatic carbocycles. The molecule has 0 amide bonds. The van der Waals surface area contributed by atoms with Crippen molar-refractivity contribution in [2.75, 3.05) is 0 Å². The first kappa shape index (κ1) is 12.7. The van der Waals surface area contributed by atoms with Crippen molar-refractivity contribution >= 4 is 16.6 Å². The molecule has 0 fully saturated rings. The van der Waals surface area contributed by atoms with E-state index in [1.165, 1.54) is 16.7 Å². The Kier molecular flexibility index (Phi) is 3.20. The lowest BCUT2D eigenvalue weighted by atomic mass is 10.1. The molecule has 2 aromatic rings. The largest absolute Gasteiger partial charge is 0.324 e. The molecule has 0 atom stereocenters. The Hall–Kier alpha value is -2.27. The maximum absolute atomic E-state index is 13.9. The van der Waals surface area contributed by atoms with Crippen LogP contribution in [0.3, 0.4) is 0 Å². The quantitative estimate of drug-likeness (QED) is 0.910. The lowest BCUT2D eigenvalue weighted by Crippen LogP contribution is -2.27. The fourth-order valence-electron chi connectivity index (χ4n) is 2.40. The molecule has 1 aromatic heterocycles. The van der Waals surface area contributed by atoms with Crippen LogP contribution in [0.4, 0.5) is 4.39 Å². The first-order valence-electron chi connectivity index (χ1n) is 6.49. The average molecular weight is 271 g/mol. The summed E-state index contributed by atoms with van der Waals surface area (Å²) < 4.78 is 15.3. The molecular formula is C15H14FN3O. The van der Waals surface area contributed by atoms with Gasteiger partial charge in [-0.25, -0.2) is 9.37 Å². The second kappa shape index (κ2) is 5.02. The zero-order chi connectivity index (χ0) is 14.1. The van der Waals surface area contributed by atoms with E-state index >= 15 is 0 Å². The van der Waals surface area contributed by atoms with E-state index in [2.05, 4.69) is 4.98 Å². The molecule has 0 saturated heterocycles. The minimum absolute atomic E-state index is 0.00423. The highest BCUT2D eigenvalue weighted by molar-refractivity contribution is 5.79. The molecule has 0 saturated carbocycles. The van der Waals surface area contributed by atoms with Crippen molar-refractivity contribution in [2.24, 2.45) is 5.73 Å². The highest BCUT2D eigenvalue weighted by atomic mass is 19.1. The van der Waals surface area contributed by atoms with Crippen LogP contribution in [-0.2, 0) is 6.54 Å². The van der Waals surface area contributed by atoms with E-state index in [4.69, 9.17) is 5.73 Å². The highest BCUT2D eigenvalue weighted by Gasteiger charge is 2.15. The molecule has 1 aliphatic rings. The molecule has 5 heteroatoms. The van der Waals surface area contributed by atoms with Gasteiger partial charge in [0.25, 0.3) is 5.56 Å². The summed E-state index contributed by atoms with van der Waals surface area (Å²) in [5.41, 5.74) is 6.32. The van der Waals surface area contributed by atoms with Gasteiger partial charge in [-0.15, -0.1) is 0 Å². The monoisotopic (exact) mass is 271 g/mol. The van der Waals surface area contributed by atoms with E-state index in [9.17, 15) is 9.18 Å². The van der Waals surface area contributed by atoms with E-state index in [0.29, 0.717) is 17.0 Å². The van der Waals surface area contributed by atoms with Crippen molar-refractivity contribution in [3.05, 3.63) is 58.4 Å². The Labute approximate surface area is 115 Å². The number of fused-ring (bicyclic) bond motifs is 1.